The summed E-state index contributed by atoms with van der Waals surface area (Å²) in [6.07, 6.45) is 4.85. The van der Waals surface area contributed by atoms with Crippen molar-refractivity contribution < 1.29 is 4.74 Å². The molecule has 0 amide bonds. The topological polar surface area (TPSA) is 49.0 Å². The molecule has 0 saturated heterocycles. The lowest BCUT2D eigenvalue weighted by molar-refractivity contribution is 0.117. The van der Waals surface area contributed by atoms with Crippen LogP contribution in [0.1, 0.15) is 6.92 Å². The van der Waals surface area contributed by atoms with E-state index in [1.165, 1.54) is 22.7 Å². The molecule has 0 unspecified atom stereocenters. The molecule has 1 heterocycles. The van der Waals surface area contributed by atoms with Crippen LogP contribution in [0.15, 0.2) is 17.2 Å². The molecule has 12 heavy (non-hydrogen) atoms. The normalized spacial score (nSPS) is 11.2. The standard InChI is InChI=1S/C7H11N3O2/c1-3-4-9-5-8-10(6-12-2)7(9)11/h3-5H,6H2,1-2H3/b4-3+. The maximum absolute atomic E-state index is 11.3. The lowest BCUT2D eigenvalue weighted by atomic mass is 10.7. The zero-order valence-corrected chi connectivity index (χ0v) is 7.10. The second kappa shape index (κ2) is 3.87. The van der Waals surface area contributed by atoms with Crippen molar-refractivity contribution in [1.82, 2.24) is 14.3 Å². The first-order valence-electron chi connectivity index (χ1n) is 3.55. The molecular formula is C7H11N3O2. The van der Waals surface area contributed by atoms with Crippen LogP contribution in [0, 0.1) is 0 Å². The summed E-state index contributed by atoms with van der Waals surface area (Å²) < 4.78 is 7.39. The van der Waals surface area contributed by atoms with Gasteiger partial charge in [-0.25, -0.2) is 4.79 Å². The van der Waals surface area contributed by atoms with E-state index in [4.69, 9.17) is 4.74 Å². The van der Waals surface area contributed by atoms with Gasteiger partial charge in [-0.3, -0.25) is 4.57 Å². The first kappa shape index (κ1) is 8.73. The molecule has 0 atom stereocenters. The lowest BCUT2D eigenvalue weighted by Crippen LogP contribution is -2.23. The summed E-state index contributed by atoms with van der Waals surface area (Å²) in [4.78, 5) is 11.3. The minimum absolute atomic E-state index is 0.184. The van der Waals surface area contributed by atoms with Crippen molar-refractivity contribution in [3.05, 3.63) is 22.9 Å². The molecule has 0 radical (unpaired) electrons. The summed E-state index contributed by atoms with van der Waals surface area (Å²) in [6.45, 7) is 2.02. The van der Waals surface area contributed by atoms with Crippen LogP contribution in [0.3, 0.4) is 0 Å². The van der Waals surface area contributed by atoms with Crippen molar-refractivity contribution >= 4 is 6.20 Å². The number of rotatable bonds is 3. The second-order valence-corrected chi connectivity index (χ2v) is 2.22. The SMILES string of the molecule is C/C=C/n1cnn(COC)c1=O. The fourth-order valence-electron chi connectivity index (χ4n) is 0.824. The quantitative estimate of drug-likeness (QED) is 0.646. The molecule has 0 N–H and O–H groups in total. The van der Waals surface area contributed by atoms with E-state index in [9.17, 15) is 4.79 Å². The van der Waals surface area contributed by atoms with Crippen molar-refractivity contribution in [2.45, 2.75) is 13.7 Å². The van der Waals surface area contributed by atoms with Gasteiger partial charge < -0.3 is 4.74 Å². The Kier molecular flexibility index (Phi) is 2.82. The molecule has 1 aromatic rings. The molecule has 0 spiro atoms. The fraction of sp³-hybridized carbons (Fsp3) is 0.429. The monoisotopic (exact) mass is 169 g/mol. The third-order valence-corrected chi connectivity index (χ3v) is 1.32. The average Bonchev–Trinajstić information content (AvgIpc) is 2.38. The van der Waals surface area contributed by atoms with Crippen LogP contribution in [0.4, 0.5) is 0 Å². The van der Waals surface area contributed by atoms with Gasteiger partial charge in [-0.1, -0.05) is 6.08 Å². The summed E-state index contributed by atoms with van der Waals surface area (Å²) in [6, 6.07) is 0. The van der Waals surface area contributed by atoms with E-state index in [1.807, 2.05) is 6.92 Å². The number of hydrogen-bond donors (Lipinski definition) is 0. The van der Waals surface area contributed by atoms with Gasteiger partial charge in [0.2, 0.25) is 0 Å². The Morgan fingerprint density at radius 1 is 1.75 bits per heavy atom. The maximum Gasteiger partial charge on any atom is 0.352 e. The van der Waals surface area contributed by atoms with E-state index >= 15 is 0 Å². The van der Waals surface area contributed by atoms with Gasteiger partial charge in [0.05, 0.1) is 0 Å². The van der Waals surface area contributed by atoms with Crippen molar-refractivity contribution in [2.75, 3.05) is 7.11 Å². The lowest BCUT2D eigenvalue weighted by Gasteiger charge is -1.93. The number of allylic oxidation sites excluding steroid dienone is 1. The third kappa shape index (κ3) is 1.62. The number of ether oxygens (including phenoxy) is 1. The van der Waals surface area contributed by atoms with Crippen LogP contribution in [-0.2, 0) is 11.5 Å². The van der Waals surface area contributed by atoms with Crippen LogP contribution in [-0.4, -0.2) is 21.5 Å². The Labute approximate surface area is 69.9 Å². The van der Waals surface area contributed by atoms with E-state index in [0.29, 0.717) is 0 Å². The number of nitrogens with zero attached hydrogens (tertiary/aromatic N) is 3. The number of aromatic nitrogens is 3. The Bertz CT molecular complexity index is 324. The molecule has 66 valence electrons. The zero-order chi connectivity index (χ0) is 8.97. The first-order valence-corrected chi connectivity index (χ1v) is 3.55. The van der Waals surface area contributed by atoms with E-state index in [-0.39, 0.29) is 12.4 Å². The van der Waals surface area contributed by atoms with Crippen LogP contribution >= 0.6 is 0 Å². The molecule has 5 heteroatoms. The third-order valence-electron chi connectivity index (χ3n) is 1.32. The van der Waals surface area contributed by atoms with Gasteiger partial charge in [-0.2, -0.15) is 9.78 Å². The largest absolute Gasteiger partial charge is 0.362 e. The molecule has 0 aromatic carbocycles. The highest BCUT2D eigenvalue weighted by Crippen LogP contribution is 1.81. The molecule has 5 nitrogen and oxygen atoms in total. The van der Waals surface area contributed by atoms with Gasteiger partial charge in [0.25, 0.3) is 0 Å². The van der Waals surface area contributed by atoms with Gasteiger partial charge >= 0.3 is 5.69 Å². The van der Waals surface area contributed by atoms with Gasteiger partial charge in [-0.15, -0.1) is 0 Å². The Morgan fingerprint density at radius 2 is 2.50 bits per heavy atom. The van der Waals surface area contributed by atoms with Crippen molar-refractivity contribution in [1.29, 1.82) is 0 Å². The van der Waals surface area contributed by atoms with Crippen LogP contribution in [0.2, 0.25) is 0 Å². The molecule has 1 rings (SSSR count). The molecular weight excluding hydrogens is 158 g/mol. The van der Waals surface area contributed by atoms with Gasteiger partial charge in [0.1, 0.15) is 13.1 Å². The molecule has 0 saturated carbocycles. The van der Waals surface area contributed by atoms with Crippen molar-refractivity contribution in [2.24, 2.45) is 0 Å². The predicted octanol–water partition coefficient (Wildman–Crippen LogP) is 0.139. The fourth-order valence-corrected chi connectivity index (χ4v) is 0.824. The Hall–Kier alpha value is -1.36. The summed E-state index contributed by atoms with van der Waals surface area (Å²) in [7, 11) is 1.52. The summed E-state index contributed by atoms with van der Waals surface area (Å²) >= 11 is 0. The van der Waals surface area contributed by atoms with Gasteiger partial charge in [-0.05, 0) is 6.92 Å². The second-order valence-electron chi connectivity index (χ2n) is 2.22. The molecule has 0 bridgehead atoms. The minimum atomic E-state index is -0.199. The van der Waals surface area contributed by atoms with Crippen LogP contribution in [0.5, 0.6) is 0 Å². The summed E-state index contributed by atoms with van der Waals surface area (Å²) in [5.41, 5.74) is -0.199. The molecule has 0 aliphatic rings. The van der Waals surface area contributed by atoms with E-state index < -0.39 is 0 Å². The molecule has 0 fully saturated rings. The number of hydrogen-bond acceptors (Lipinski definition) is 3. The first-order chi connectivity index (χ1) is 5.79. The van der Waals surface area contributed by atoms with E-state index in [1.54, 1.807) is 12.3 Å². The minimum Gasteiger partial charge on any atom is -0.362 e. The molecule has 0 aliphatic carbocycles. The average molecular weight is 169 g/mol. The molecule has 0 aliphatic heterocycles. The highest BCUT2D eigenvalue weighted by atomic mass is 16.5. The van der Waals surface area contributed by atoms with Gasteiger partial charge in [0, 0.05) is 13.3 Å². The van der Waals surface area contributed by atoms with Crippen LogP contribution < -0.4 is 5.69 Å². The van der Waals surface area contributed by atoms with E-state index in [2.05, 4.69) is 5.10 Å². The summed E-state index contributed by atoms with van der Waals surface area (Å²) in [5, 5.41) is 3.81. The molecule has 1 aromatic heterocycles. The Balaban J connectivity index is 2.97. The smallest absolute Gasteiger partial charge is 0.352 e. The van der Waals surface area contributed by atoms with Crippen LogP contribution in [0.25, 0.3) is 6.20 Å². The van der Waals surface area contributed by atoms with Gasteiger partial charge in [0.15, 0.2) is 0 Å². The highest BCUT2D eigenvalue weighted by molar-refractivity contribution is 5.18. The predicted molar refractivity (Wildman–Crippen MR) is 44.5 cm³/mol. The maximum atomic E-state index is 11.3. The Morgan fingerprint density at radius 3 is 3.08 bits per heavy atom. The number of methoxy groups -OCH3 is 1. The zero-order valence-electron chi connectivity index (χ0n) is 7.10. The van der Waals surface area contributed by atoms with E-state index in [0.717, 1.165) is 0 Å². The van der Waals surface area contributed by atoms with Crippen molar-refractivity contribution in [3.8, 4) is 0 Å². The summed E-state index contributed by atoms with van der Waals surface area (Å²) in [5.74, 6) is 0. The highest BCUT2D eigenvalue weighted by Gasteiger charge is 1.99. The van der Waals surface area contributed by atoms with Crippen molar-refractivity contribution in [3.63, 3.8) is 0 Å².